The van der Waals surface area contributed by atoms with Crippen molar-refractivity contribution in [1.82, 2.24) is 0 Å². The van der Waals surface area contributed by atoms with Crippen LogP contribution in [0.4, 0.5) is 0 Å². The van der Waals surface area contributed by atoms with Crippen LogP contribution in [-0.2, 0) is 9.53 Å². The number of esters is 1. The lowest BCUT2D eigenvalue weighted by atomic mass is 9.78. The van der Waals surface area contributed by atoms with Crippen LogP contribution in [-0.4, -0.2) is 35.6 Å². The molecule has 1 N–H and O–H groups in total. The topological polar surface area (TPSA) is 106 Å². The van der Waals surface area contributed by atoms with Gasteiger partial charge in [-0.1, -0.05) is 36.4 Å². The van der Waals surface area contributed by atoms with Crippen molar-refractivity contribution in [1.29, 1.82) is 0 Å². The number of carbonyl (C=O) groups is 3. The Morgan fingerprint density at radius 1 is 1.00 bits per heavy atom. The summed E-state index contributed by atoms with van der Waals surface area (Å²) in [5.41, 5.74) is 3.64. The SMILES string of the molecule is COC(=O)C1C(C)=NC2=C(C(=O)c3ccccc32)[C@@H]1c1ccc(-c2ccc(C(=O)O)cc2)o1. The fourth-order valence-corrected chi connectivity index (χ4v) is 4.54. The number of aromatic carboxylic acids is 1. The first-order chi connectivity index (χ1) is 15.9. The van der Waals surface area contributed by atoms with Gasteiger partial charge in [0.1, 0.15) is 17.4 Å². The van der Waals surface area contributed by atoms with Crippen LogP contribution in [0.5, 0.6) is 0 Å². The van der Waals surface area contributed by atoms with Crippen LogP contribution in [0.15, 0.2) is 75.6 Å². The fourth-order valence-electron chi connectivity index (χ4n) is 4.54. The number of fused-ring (bicyclic) bond motifs is 2. The van der Waals surface area contributed by atoms with Crippen LogP contribution in [0.2, 0.25) is 0 Å². The molecule has 2 heterocycles. The van der Waals surface area contributed by atoms with Gasteiger partial charge in [-0.2, -0.15) is 0 Å². The van der Waals surface area contributed by atoms with Gasteiger partial charge in [-0.3, -0.25) is 14.6 Å². The fraction of sp³-hybridized carbons (Fsp3) is 0.154. The molecule has 5 rings (SSSR count). The van der Waals surface area contributed by atoms with Crippen molar-refractivity contribution in [2.75, 3.05) is 7.11 Å². The molecule has 0 amide bonds. The molecule has 0 fully saturated rings. The molecule has 1 aliphatic heterocycles. The maximum absolute atomic E-state index is 13.4. The summed E-state index contributed by atoms with van der Waals surface area (Å²) in [6, 6.07) is 17.0. The minimum Gasteiger partial charge on any atom is -0.478 e. The lowest BCUT2D eigenvalue weighted by Gasteiger charge is -2.28. The molecule has 164 valence electrons. The maximum Gasteiger partial charge on any atom is 0.335 e. The highest BCUT2D eigenvalue weighted by molar-refractivity contribution is 6.24. The Balaban J connectivity index is 1.62. The van der Waals surface area contributed by atoms with Crippen molar-refractivity contribution in [3.8, 4) is 11.3 Å². The molecule has 0 spiro atoms. The molecule has 7 heteroatoms. The first-order valence-corrected chi connectivity index (χ1v) is 10.4. The van der Waals surface area contributed by atoms with E-state index >= 15 is 0 Å². The first kappa shape index (κ1) is 20.6. The highest BCUT2D eigenvalue weighted by Gasteiger charge is 2.47. The average molecular weight is 441 g/mol. The third-order valence-electron chi connectivity index (χ3n) is 6.11. The van der Waals surface area contributed by atoms with Crippen molar-refractivity contribution in [3.05, 3.63) is 88.7 Å². The van der Waals surface area contributed by atoms with E-state index < -0.39 is 23.8 Å². The molecular formula is C26H19NO6. The van der Waals surface area contributed by atoms with Crippen LogP contribution >= 0.6 is 0 Å². The highest BCUT2D eigenvalue weighted by Crippen LogP contribution is 2.48. The number of methoxy groups -OCH3 is 1. The zero-order valence-electron chi connectivity index (χ0n) is 17.9. The standard InChI is InChI=1S/C26H19NO6/c1-13-20(26(31)32-2)21(22-23(27-13)16-5-3-4-6-17(16)24(22)28)19-12-11-18(33-19)14-7-9-15(10-8-14)25(29)30/h3-12,20-21H,1-2H3,(H,29,30)/t20?,21-/m1/s1. The molecule has 2 aliphatic rings. The lowest BCUT2D eigenvalue weighted by Crippen LogP contribution is -2.34. The number of rotatable bonds is 4. The largest absolute Gasteiger partial charge is 0.478 e. The van der Waals surface area contributed by atoms with Crippen molar-refractivity contribution in [2.45, 2.75) is 12.8 Å². The number of ketones is 1. The van der Waals surface area contributed by atoms with Gasteiger partial charge in [-0.15, -0.1) is 0 Å². The second-order valence-corrected chi connectivity index (χ2v) is 7.95. The Morgan fingerprint density at radius 3 is 2.36 bits per heavy atom. The quantitative estimate of drug-likeness (QED) is 0.593. The van der Waals surface area contributed by atoms with Crippen molar-refractivity contribution in [2.24, 2.45) is 10.9 Å². The second-order valence-electron chi connectivity index (χ2n) is 7.95. The number of benzene rings is 2. The number of Topliss-reactive ketones (excluding diaryl/α,β-unsaturated/α-hetero) is 1. The Labute approximate surface area is 189 Å². The van der Waals surface area contributed by atoms with Gasteiger partial charge in [0.15, 0.2) is 5.78 Å². The number of hydrogen-bond acceptors (Lipinski definition) is 6. The van der Waals surface area contributed by atoms with Crippen molar-refractivity contribution < 1.29 is 28.6 Å². The normalized spacial score (nSPS) is 19.1. The van der Waals surface area contributed by atoms with Gasteiger partial charge in [0.25, 0.3) is 0 Å². The summed E-state index contributed by atoms with van der Waals surface area (Å²) in [5, 5.41) is 9.12. The number of carboxylic acids is 1. The molecule has 1 aliphatic carbocycles. The van der Waals surface area contributed by atoms with Crippen LogP contribution in [0.1, 0.15) is 44.9 Å². The molecule has 0 radical (unpaired) electrons. The number of allylic oxidation sites excluding steroid dienone is 1. The van der Waals surface area contributed by atoms with E-state index in [1.165, 1.54) is 19.2 Å². The van der Waals surface area contributed by atoms with Crippen LogP contribution in [0.25, 0.3) is 17.0 Å². The molecule has 2 atom stereocenters. The van der Waals surface area contributed by atoms with E-state index in [-0.39, 0.29) is 11.3 Å². The van der Waals surface area contributed by atoms with E-state index in [0.29, 0.717) is 39.6 Å². The Morgan fingerprint density at radius 2 is 1.70 bits per heavy atom. The summed E-state index contributed by atoms with van der Waals surface area (Å²) in [4.78, 5) is 41.9. The molecule has 1 aromatic heterocycles. The van der Waals surface area contributed by atoms with Gasteiger partial charge in [-0.05, 0) is 31.2 Å². The molecule has 0 saturated carbocycles. The van der Waals surface area contributed by atoms with Crippen LogP contribution in [0.3, 0.4) is 0 Å². The van der Waals surface area contributed by atoms with Crippen molar-refractivity contribution >= 4 is 29.1 Å². The van der Waals surface area contributed by atoms with Crippen molar-refractivity contribution in [3.63, 3.8) is 0 Å². The average Bonchev–Trinajstić information content (AvgIpc) is 3.42. The molecule has 3 aromatic rings. The Hall–Kier alpha value is -4.26. The number of nitrogens with zero attached hydrogens (tertiary/aromatic N) is 1. The van der Waals surface area contributed by atoms with E-state index in [1.54, 1.807) is 43.3 Å². The first-order valence-electron chi connectivity index (χ1n) is 10.4. The summed E-state index contributed by atoms with van der Waals surface area (Å²) in [6.45, 7) is 1.75. The van der Waals surface area contributed by atoms with Crippen LogP contribution in [0, 0.1) is 5.92 Å². The molecule has 2 aromatic carbocycles. The monoisotopic (exact) mass is 441 g/mol. The predicted octanol–water partition coefficient (Wildman–Crippen LogP) is 4.60. The molecule has 0 saturated heterocycles. The number of carboxylic acid groups (broad SMARTS) is 1. The number of carbonyl (C=O) groups excluding carboxylic acids is 2. The number of aliphatic imine (C=N–C) groups is 1. The molecular weight excluding hydrogens is 422 g/mol. The number of ether oxygens (including phenoxy) is 1. The molecule has 0 bridgehead atoms. The van der Waals surface area contributed by atoms with Gasteiger partial charge in [0.05, 0.1) is 24.3 Å². The number of hydrogen-bond donors (Lipinski definition) is 1. The van der Waals surface area contributed by atoms with Crippen LogP contribution < -0.4 is 0 Å². The second kappa shape index (κ2) is 7.70. The van der Waals surface area contributed by atoms with E-state index in [1.807, 2.05) is 12.1 Å². The van der Waals surface area contributed by atoms with Gasteiger partial charge >= 0.3 is 11.9 Å². The predicted molar refractivity (Wildman–Crippen MR) is 120 cm³/mol. The maximum atomic E-state index is 13.4. The highest BCUT2D eigenvalue weighted by atomic mass is 16.5. The Bertz CT molecular complexity index is 1380. The minimum atomic E-state index is -1.02. The van der Waals surface area contributed by atoms with E-state index in [9.17, 15) is 14.4 Å². The van der Waals surface area contributed by atoms with Gasteiger partial charge in [0.2, 0.25) is 0 Å². The van der Waals surface area contributed by atoms with Gasteiger partial charge in [0, 0.05) is 28.0 Å². The Kier molecular flexibility index (Phi) is 4.82. The zero-order valence-corrected chi connectivity index (χ0v) is 17.9. The summed E-state index contributed by atoms with van der Waals surface area (Å²) >= 11 is 0. The van der Waals surface area contributed by atoms with Gasteiger partial charge < -0.3 is 14.3 Å². The van der Waals surface area contributed by atoms with E-state index in [2.05, 4.69) is 4.99 Å². The summed E-state index contributed by atoms with van der Waals surface area (Å²) in [6.07, 6.45) is 0. The molecule has 33 heavy (non-hydrogen) atoms. The summed E-state index contributed by atoms with van der Waals surface area (Å²) in [5.74, 6) is -2.27. The minimum absolute atomic E-state index is 0.166. The summed E-state index contributed by atoms with van der Waals surface area (Å²) < 4.78 is 11.2. The summed E-state index contributed by atoms with van der Waals surface area (Å²) in [7, 11) is 1.30. The lowest BCUT2D eigenvalue weighted by molar-refractivity contribution is -0.143. The molecule has 1 unspecified atom stereocenters. The molecule has 7 nitrogen and oxygen atoms in total. The number of furan rings is 1. The third kappa shape index (κ3) is 3.20. The van der Waals surface area contributed by atoms with Gasteiger partial charge in [-0.25, -0.2) is 4.79 Å². The third-order valence-corrected chi connectivity index (χ3v) is 6.11. The zero-order chi connectivity index (χ0) is 23.3. The smallest absolute Gasteiger partial charge is 0.335 e. The van der Waals surface area contributed by atoms with E-state index in [4.69, 9.17) is 14.3 Å². The van der Waals surface area contributed by atoms with E-state index in [0.717, 1.165) is 5.56 Å².